The van der Waals surface area contributed by atoms with E-state index in [0.717, 1.165) is 0 Å². The van der Waals surface area contributed by atoms with Gasteiger partial charge in [-0.05, 0) is 19.1 Å². The molecule has 134 valence electrons. The van der Waals surface area contributed by atoms with Crippen molar-refractivity contribution in [2.45, 2.75) is 32.5 Å². The fraction of sp³-hybridized carbons (Fsp3) is 0.500. The third kappa shape index (κ3) is 2.50. The molecule has 1 amide bonds. The first-order valence-electron chi connectivity index (χ1n) is 8.30. The van der Waals surface area contributed by atoms with E-state index in [1.54, 1.807) is 22.8 Å². The summed E-state index contributed by atoms with van der Waals surface area (Å²) in [6.07, 6.45) is 3.54. The van der Waals surface area contributed by atoms with Crippen LogP contribution in [0.4, 0.5) is 0 Å². The van der Waals surface area contributed by atoms with Gasteiger partial charge in [0.15, 0.2) is 0 Å². The average molecular weight is 346 g/mol. The Balaban J connectivity index is 2.13. The van der Waals surface area contributed by atoms with Crippen LogP contribution in [0, 0.1) is 11.8 Å². The lowest BCUT2D eigenvalue weighted by atomic mass is 9.88. The fourth-order valence-corrected chi connectivity index (χ4v) is 4.26. The van der Waals surface area contributed by atoms with E-state index >= 15 is 0 Å². The van der Waals surface area contributed by atoms with E-state index in [1.807, 2.05) is 13.0 Å². The van der Waals surface area contributed by atoms with Gasteiger partial charge in [0.2, 0.25) is 5.91 Å². The summed E-state index contributed by atoms with van der Waals surface area (Å²) in [6, 6.07) is 2.31. The number of aliphatic hydroxyl groups is 1. The van der Waals surface area contributed by atoms with Crippen LogP contribution >= 0.6 is 0 Å². The number of amides is 1. The normalized spacial score (nSPS) is 27.4. The number of methoxy groups -OCH3 is 1. The van der Waals surface area contributed by atoms with Gasteiger partial charge < -0.3 is 19.3 Å². The van der Waals surface area contributed by atoms with Gasteiger partial charge in [-0.25, -0.2) is 4.79 Å². The summed E-state index contributed by atoms with van der Waals surface area (Å²) in [6.45, 7) is 3.34. The first kappa shape index (κ1) is 17.4. The number of hydrogen-bond donors (Lipinski definition) is 1. The highest BCUT2D eigenvalue weighted by Crippen LogP contribution is 2.49. The van der Waals surface area contributed by atoms with Crippen molar-refractivity contribution in [2.24, 2.45) is 11.8 Å². The molecular weight excluding hydrogens is 324 g/mol. The molecule has 2 aliphatic heterocycles. The zero-order chi connectivity index (χ0) is 18.3. The van der Waals surface area contributed by atoms with Gasteiger partial charge in [0.25, 0.3) is 5.56 Å². The number of fused-ring (bicyclic) bond motifs is 3. The van der Waals surface area contributed by atoms with Gasteiger partial charge in [-0.3, -0.25) is 9.59 Å². The lowest BCUT2D eigenvalue weighted by molar-refractivity contribution is -0.153. The number of hydrogen-bond acceptors (Lipinski definition) is 5. The number of rotatable bonds is 3. The van der Waals surface area contributed by atoms with Crippen molar-refractivity contribution in [2.75, 3.05) is 13.7 Å². The quantitative estimate of drug-likeness (QED) is 0.808. The first-order valence-corrected chi connectivity index (χ1v) is 8.30. The molecule has 0 radical (unpaired) electrons. The van der Waals surface area contributed by atoms with Crippen LogP contribution in [0.1, 0.15) is 31.1 Å². The maximum absolute atomic E-state index is 12.7. The molecule has 0 aliphatic carbocycles. The van der Waals surface area contributed by atoms with Gasteiger partial charge in [-0.1, -0.05) is 12.2 Å². The highest BCUT2D eigenvalue weighted by molar-refractivity contribution is 5.85. The van der Waals surface area contributed by atoms with Crippen molar-refractivity contribution in [1.29, 1.82) is 0 Å². The zero-order valence-electron chi connectivity index (χ0n) is 14.5. The minimum atomic E-state index is -0.832. The zero-order valence-corrected chi connectivity index (χ0v) is 14.5. The van der Waals surface area contributed by atoms with Crippen molar-refractivity contribution in [3.8, 4) is 0 Å². The van der Waals surface area contributed by atoms with Gasteiger partial charge >= 0.3 is 5.97 Å². The topological polar surface area (TPSA) is 88.8 Å². The van der Waals surface area contributed by atoms with Crippen molar-refractivity contribution in [1.82, 2.24) is 9.47 Å². The number of allylic oxidation sites excluding steroid dienone is 1. The van der Waals surface area contributed by atoms with E-state index in [9.17, 15) is 19.5 Å². The van der Waals surface area contributed by atoms with Crippen LogP contribution in [0.2, 0.25) is 0 Å². The number of pyridine rings is 1. The van der Waals surface area contributed by atoms with E-state index in [1.165, 1.54) is 18.9 Å². The van der Waals surface area contributed by atoms with E-state index in [-0.39, 0.29) is 24.0 Å². The van der Waals surface area contributed by atoms with Gasteiger partial charge in [0.05, 0.1) is 13.2 Å². The standard InChI is InChI=1S/C18H22N2O5/c1-4-5-11-6-7-14-15-12(8-19(14)17(11)23)13(9-21)16(18(24)25-3)20(15)10(2)22/h4-7,12-13,15-16,21H,8-9H2,1-3H3/b5-4+/t12-,13-,15+,16-/m0/s1. The molecule has 7 heteroatoms. The molecule has 1 fully saturated rings. The van der Waals surface area contributed by atoms with Gasteiger partial charge in [-0.15, -0.1) is 0 Å². The monoisotopic (exact) mass is 346 g/mol. The minimum Gasteiger partial charge on any atom is -0.467 e. The summed E-state index contributed by atoms with van der Waals surface area (Å²) >= 11 is 0. The molecule has 1 aromatic heterocycles. The van der Waals surface area contributed by atoms with E-state index < -0.39 is 24.0 Å². The largest absolute Gasteiger partial charge is 0.467 e. The third-order valence-electron chi connectivity index (χ3n) is 5.26. The predicted molar refractivity (Wildman–Crippen MR) is 90.5 cm³/mol. The number of nitrogens with zero attached hydrogens (tertiary/aromatic N) is 2. The number of aromatic nitrogens is 1. The second kappa shape index (κ2) is 6.48. The van der Waals surface area contributed by atoms with E-state index in [2.05, 4.69) is 0 Å². The fourth-order valence-electron chi connectivity index (χ4n) is 4.26. The summed E-state index contributed by atoms with van der Waals surface area (Å²) < 4.78 is 6.50. The summed E-state index contributed by atoms with van der Waals surface area (Å²) in [5.41, 5.74) is 1.15. The summed E-state index contributed by atoms with van der Waals surface area (Å²) in [7, 11) is 1.27. The Kier molecular flexibility index (Phi) is 4.51. The molecule has 2 aliphatic rings. The van der Waals surface area contributed by atoms with E-state index in [0.29, 0.717) is 17.8 Å². The average Bonchev–Trinajstić information content (AvgIpc) is 3.11. The molecule has 0 bridgehead atoms. The van der Waals surface area contributed by atoms with Crippen LogP contribution in [0.15, 0.2) is 23.0 Å². The summed E-state index contributed by atoms with van der Waals surface area (Å²) in [4.78, 5) is 38.7. The molecule has 4 atom stereocenters. The number of carbonyl (C=O) groups is 2. The summed E-state index contributed by atoms with van der Waals surface area (Å²) in [5.74, 6) is -1.49. The highest BCUT2D eigenvalue weighted by Gasteiger charge is 2.57. The molecule has 3 rings (SSSR count). The Morgan fingerprint density at radius 3 is 2.68 bits per heavy atom. The Morgan fingerprint density at radius 2 is 2.12 bits per heavy atom. The molecule has 3 heterocycles. The molecule has 0 saturated carbocycles. The van der Waals surface area contributed by atoms with Gasteiger partial charge in [0.1, 0.15) is 6.04 Å². The molecule has 25 heavy (non-hydrogen) atoms. The van der Waals surface area contributed by atoms with Crippen LogP contribution in [0.3, 0.4) is 0 Å². The third-order valence-corrected chi connectivity index (χ3v) is 5.26. The van der Waals surface area contributed by atoms with Crippen molar-refractivity contribution < 1.29 is 19.4 Å². The number of likely N-dealkylation sites (tertiary alicyclic amines) is 1. The van der Waals surface area contributed by atoms with Gasteiger partial charge in [0, 0.05) is 43.2 Å². The number of esters is 1. The molecule has 0 unspecified atom stereocenters. The molecule has 1 N–H and O–H groups in total. The van der Waals surface area contributed by atoms with Crippen LogP contribution in [-0.4, -0.2) is 46.2 Å². The lowest BCUT2D eigenvalue weighted by Crippen LogP contribution is -2.45. The molecule has 0 aromatic carbocycles. The van der Waals surface area contributed by atoms with Gasteiger partial charge in [-0.2, -0.15) is 0 Å². The van der Waals surface area contributed by atoms with Crippen molar-refractivity contribution in [3.63, 3.8) is 0 Å². The summed E-state index contributed by atoms with van der Waals surface area (Å²) in [5, 5.41) is 9.87. The second-order valence-corrected chi connectivity index (χ2v) is 6.48. The number of ether oxygens (including phenoxy) is 1. The Hall–Kier alpha value is -2.41. The van der Waals surface area contributed by atoms with E-state index in [4.69, 9.17) is 4.74 Å². The maximum atomic E-state index is 12.7. The van der Waals surface area contributed by atoms with Crippen LogP contribution < -0.4 is 5.56 Å². The van der Waals surface area contributed by atoms with Crippen LogP contribution in [-0.2, 0) is 20.9 Å². The lowest BCUT2D eigenvalue weighted by Gasteiger charge is -2.28. The molecule has 7 nitrogen and oxygen atoms in total. The number of carbonyl (C=O) groups excluding carboxylic acids is 2. The number of aliphatic hydroxyl groups excluding tert-OH is 1. The molecule has 1 saturated heterocycles. The predicted octanol–water partition coefficient (Wildman–Crippen LogP) is 0.565. The highest BCUT2D eigenvalue weighted by atomic mass is 16.5. The Morgan fingerprint density at radius 1 is 1.40 bits per heavy atom. The van der Waals surface area contributed by atoms with Crippen molar-refractivity contribution >= 4 is 18.0 Å². The molecular formula is C18H22N2O5. The maximum Gasteiger partial charge on any atom is 0.328 e. The SMILES string of the molecule is C/C=C/c1ccc2n(c1=O)C[C@H]1[C@H](CO)[C@@H](C(=O)OC)N(C(C)=O)[C@@H]21. The first-order chi connectivity index (χ1) is 12.0. The smallest absolute Gasteiger partial charge is 0.328 e. The minimum absolute atomic E-state index is 0.125. The van der Waals surface area contributed by atoms with Crippen LogP contribution in [0.25, 0.3) is 6.08 Å². The Bertz CT molecular complexity index is 797. The second-order valence-electron chi connectivity index (χ2n) is 6.48. The Labute approximate surface area is 145 Å². The molecule has 1 aromatic rings. The van der Waals surface area contributed by atoms with Crippen LogP contribution in [0.5, 0.6) is 0 Å². The van der Waals surface area contributed by atoms with Crippen molar-refractivity contribution in [3.05, 3.63) is 39.8 Å². The molecule has 0 spiro atoms.